The van der Waals surface area contributed by atoms with Crippen molar-refractivity contribution in [3.05, 3.63) is 89.7 Å². The maximum atomic E-state index is 13.1. The lowest BCUT2D eigenvalue weighted by Gasteiger charge is -2.26. The van der Waals surface area contributed by atoms with Gasteiger partial charge in [-0.2, -0.15) is 0 Å². The number of hydrogen-bond acceptors (Lipinski definition) is 5. The second-order valence-electron chi connectivity index (χ2n) is 7.86. The van der Waals surface area contributed by atoms with Crippen LogP contribution in [0, 0.1) is 12.7 Å². The van der Waals surface area contributed by atoms with Crippen LogP contribution in [0.5, 0.6) is 0 Å². The highest BCUT2D eigenvalue weighted by molar-refractivity contribution is 7.92. The van der Waals surface area contributed by atoms with Gasteiger partial charge in [-0.25, -0.2) is 17.6 Å². The van der Waals surface area contributed by atoms with E-state index in [1.165, 1.54) is 35.2 Å². The average Bonchev–Trinajstić information content (AvgIpc) is 2.79. The topological polar surface area (TPSA) is 92.8 Å². The number of nitrogens with zero attached hydrogens (tertiary/aromatic N) is 1. The second kappa shape index (κ2) is 10.5. The van der Waals surface area contributed by atoms with E-state index in [-0.39, 0.29) is 22.2 Å². The molecule has 3 aromatic carbocycles. The molecule has 0 spiro atoms. The van der Waals surface area contributed by atoms with Crippen LogP contribution < -0.4 is 9.62 Å². The smallest absolute Gasteiger partial charge is 0.338 e. The molecule has 1 amide bonds. The summed E-state index contributed by atoms with van der Waals surface area (Å²) in [5, 5.41) is 0. The van der Waals surface area contributed by atoms with Crippen molar-refractivity contribution in [3.63, 3.8) is 0 Å². The Labute approximate surface area is 198 Å². The SMILES string of the molecule is Cc1ccc(S(=O)(=O)Nc2ccc(F)cc2)cc1C(=O)OCC(=O)N(c1ccccc1)C(C)C. The molecule has 0 aliphatic carbocycles. The number of carbonyl (C=O) groups excluding carboxylic acids is 2. The highest BCUT2D eigenvalue weighted by atomic mass is 32.2. The van der Waals surface area contributed by atoms with Gasteiger partial charge in [0, 0.05) is 17.4 Å². The van der Waals surface area contributed by atoms with Crippen molar-refractivity contribution in [2.75, 3.05) is 16.2 Å². The van der Waals surface area contributed by atoms with Crippen LogP contribution in [0.25, 0.3) is 0 Å². The van der Waals surface area contributed by atoms with Gasteiger partial charge in [0.1, 0.15) is 5.82 Å². The molecule has 3 aromatic rings. The van der Waals surface area contributed by atoms with Gasteiger partial charge < -0.3 is 9.64 Å². The molecule has 0 aromatic heterocycles. The minimum Gasteiger partial charge on any atom is -0.452 e. The lowest BCUT2D eigenvalue weighted by atomic mass is 10.1. The Hall–Kier alpha value is -3.72. The lowest BCUT2D eigenvalue weighted by molar-refractivity contribution is -0.122. The monoisotopic (exact) mass is 484 g/mol. The number of anilines is 2. The number of aryl methyl sites for hydroxylation is 1. The average molecular weight is 485 g/mol. The zero-order chi connectivity index (χ0) is 24.9. The van der Waals surface area contributed by atoms with Gasteiger partial charge in [-0.05, 0) is 74.9 Å². The van der Waals surface area contributed by atoms with Gasteiger partial charge in [0.25, 0.3) is 15.9 Å². The van der Waals surface area contributed by atoms with Gasteiger partial charge in [-0.1, -0.05) is 24.3 Å². The molecule has 178 valence electrons. The fourth-order valence-corrected chi connectivity index (χ4v) is 4.40. The summed E-state index contributed by atoms with van der Waals surface area (Å²) in [5.74, 6) is -1.73. The summed E-state index contributed by atoms with van der Waals surface area (Å²) in [5.41, 5.74) is 1.36. The van der Waals surface area contributed by atoms with Crippen LogP contribution in [0.1, 0.15) is 29.8 Å². The first-order valence-corrected chi connectivity index (χ1v) is 12.0. The Morgan fingerprint density at radius 2 is 1.65 bits per heavy atom. The number of esters is 1. The van der Waals surface area contributed by atoms with Gasteiger partial charge in [-0.15, -0.1) is 0 Å². The molecular weight excluding hydrogens is 459 g/mol. The fourth-order valence-electron chi connectivity index (χ4n) is 3.31. The molecule has 0 aliphatic rings. The summed E-state index contributed by atoms with van der Waals surface area (Å²) in [6.45, 7) is 4.82. The van der Waals surface area contributed by atoms with Crippen LogP contribution >= 0.6 is 0 Å². The van der Waals surface area contributed by atoms with E-state index in [9.17, 15) is 22.4 Å². The Balaban J connectivity index is 1.75. The third-order valence-corrected chi connectivity index (χ3v) is 6.36. The van der Waals surface area contributed by atoms with Crippen molar-refractivity contribution >= 4 is 33.3 Å². The molecule has 1 N–H and O–H groups in total. The van der Waals surface area contributed by atoms with E-state index in [1.807, 2.05) is 19.9 Å². The van der Waals surface area contributed by atoms with E-state index in [4.69, 9.17) is 4.74 Å². The largest absolute Gasteiger partial charge is 0.452 e. The van der Waals surface area contributed by atoms with Crippen molar-refractivity contribution in [2.45, 2.75) is 31.7 Å². The van der Waals surface area contributed by atoms with Crippen LogP contribution in [0.4, 0.5) is 15.8 Å². The molecule has 0 aliphatic heterocycles. The molecule has 0 fully saturated rings. The highest BCUT2D eigenvalue weighted by Gasteiger charge is 2.23. The van der Waals surface area contributed by atoms with Crippen molar-refractivity contribution in [3.8, 4) is 0 Å². The molecular formula is C25H25FN2O5S. The molecule has 3 rings (SSSR count). The number of benzene rings is 3. The maximum absolute atomic E-state index is 13.1. The molecule has 34 heavy (non-hydrogen) atoms. The quantitative estimate of drug-likeness (QED) is 0.474. The predicted octanol–water partition coefficient (Wildman–Crippen LogP) is 4.53. The second-order valence-corrected chi connectivity index (χ2v) is 9.54. The summed E-state index contributed by atoms with van der Waals surface area (Å²) < 4.78 is 46.1. The Kier molecular flexibility index (Phi) is 7.68. The first-order valence-electron chi connectivity index (χ1n) is 10.5. The number of rotatable bonds is 8. The van der Waals surface area contributed by atoms with Gasteiger partial charge in [0.2, 0.25) is 0 Å². The van der Waals surface area contributed by atoms with Gasteiger partial charge >= 0.3 is 5.97 Å². The van der Waals surface area contributed by atoms with E-state index in [0.29, 0.717) is 11.3 Å². The molecule has 0 saturated heterocycles. The molecule has 0 heterocycles. The molecule has 0 bridgehead atoms. The van der Waals surface area contributed by atoms with Crippen LogP contribution in [-0.4, -0.2) is 32.9 Å². The number of sulfonamides is 1. The van der Waals surface area contributed by atoms with E-state index < -0.39 is 34.3 Å². The predicted molar refractivity (Wildman–Crippen MR) is 128 cm³/mol. The third-order valence-electron chi connectivity index (χ3n) is 4.98. The van der Waals surface area contributed by atoms with Gasteiger partial charge in [0.05, 0.1) is 10.5 Å². The standard InChI is InChI=1S/C25H25FN2O5S/c1-17(2)28(21-7-5-4-6-8-21)24(29)16-33-25(30)23-15-22(14-9-18(23)3)34(31,32)27-20-12-10-19(26)11-13-20/h4-15,17,27H,16H2,1-3H3. The number of ether oxygens (including phenoxy) is 1. The van der Waals surface area contributed by atoms with Crippen LogP contribution in [0.3, 0.4) is 0 Å². The van der Waals surface area contributed by atoms with E-state index >= 15 is 0 Å². The van der Waals surface area contributed by atoms with Gasteiger partial charge in [0.15, 0.2) is 6.61 Å². The number of para-hydroxylation sites is 1. The lowest BCUT2D eigenvalue weighted by Crippen LogP contribution is -2.39. The summed E-state index contributed by atoms with van der Waals surface area (Å²) in [6, 6.07) is 17.7. The Bertz CT molecular complexity index is 1280. The summed E-state index contributed by atoms with van der Waals surface area (Å²) in [4.78, 5) is 26.8. The number of hydrogen-bond donors (Lipinski definition) is 1. The minimum absolute atomic E-state index is 0.0191. The number of carbonyl (C=O) groups is 2. The molecule has 7 nitrogen and oxygen atoms in total. The molecule has 0 unspecified atom stereocenters. The molecule has 0 saturated carbocycles. The Morgan fingerprint density at radius 3 is 2.26 bits per heavy atom. The first kappa shape index (κ1) is 24.9. The van der Waals surface area contributed by atoms with Crippen LogP contribution in [0.15, 0.2) is 77.7 Å². The van der Waals surface area contributed by atoms with Crippen molar-refractivity contribution in [1.82, 2.24) is 0 Å². The van der Waals surface area contributed by atoms with Crippen molar-refractivity contribution < 1.29 is 27.1 Å². The minimum atomic E-state index is -4.05. The molecule has 0 radical (unpaired) electrons. The zero-order valence-electron chi connectivity index (χ0n) is 19.0. The first-order chi connectivity index (χ1) is 16.1. The normalized spacial score (nSPS) is 11.2. The Morgan fingerprint density at radius 1 is 1.00 bits per heavy atom. The summed E-state index contributed by atoms with van der Waals surface area (Å²) >= 11 is 0. The van der Waals surface area contributed by atoms with E-state index in [1.54, 1.807) is 31.2 Å². The number of nitrogens with one attached hydrogen (secondary N) is 1. The van der Waals surface area contributed by atoms with E-state index in [0.717, 1.165) is 12.1 Å². The zero-order valence-corrected chi connectivity index (χ0v) is 19.8. The summed E-state index contributed by atoms with van der Waals surface area (Å²) in [7, 11) is -4.05. The number of halogens is 1. The molecule has 9 heteroatoms. The van der Waals surface area contributed by atoms with Crippen molar-refractivity contribution in [1.29, 1.82) is 0 Å². The van der Waals surface area contributed by atoms with Crippen molar-refractivity contribution in [2.24, 2.45) is 0 Å². The van der Waals surface area contributed by atoms with Gasteiger partial charge in [-0.3, -0.25) is 9.52 Å². The highest BCUT2D eigenvalue weighted by Crippen LogP contribution is 2.21. The number of amides is 1. The van der Waals surface area contributed by atoms with Crippen LogP contribution in [0.2, 0.25) is 0 Å². The maximum Gasteiger partial charge on any atom is 0.338 e. The third kappa shape index (κ3) is 5.99. The van der Waals surface area contributed by atoms with Crippen LogP contribution in [-0.2, 0) is 19.6 Å². The summed E-state index contributed by atoms with van der Waals surface area (Å²) in [6.07, 6.45) is 0. The molecule has 0 atom stereocenters. The fraction of sp³-hybridized carbons (Fsp3) is 0.200. The van der Waals surface area contributed by atoms with E-state index in [2.05, 4.69) is 4.72 Å².